The summed E-state index contributed by atoms with van der Waals surface area (Å²) < 4.78 is 5.64. The maximum absolute atomic E-state index is 9.09. The van der Waals surface area contributed by atoms with E-state index >= 15 is 0 Å². The van der Waals surface area contributed by atoms with Crippen molar-refractivity contribution in [3.8, 4) is 5.75 Å². The quantitative estimate of drug-likeness (QED) is 0.817. The van der Waals surface area contributed by atoms with E-state index in [0.29, 0.717) is 12.0 Å². The van der Waals surface area contributed by atoms with Gasteiger partial charge in [-0.15, -0.1) is 0 Å². The van der Waals surface area contributed by atoms with E-state index in [-0.39, 0.29) is 12.5 Å². The molecule has 3 nitrogen and oxygen atoms in total. The zero-order valence-corrected chi connectivity index (χ0v) is 10.5. The maximum atomic E-state index is 9.09. The Morgan fingerprint density at radius 2 is 2.18 bits per heavy atom. The Labute approximate surface area is 103 Å². The van der Waals surface area contributed by atoms with Crippen LogP contribution in [0.2, 0.25) is 0 Å². The molecule has 0 radical (unpaired) electrons. The maximum Gasteiger partial charge on any atom is 0.122 e. The Bertz CT molecular complexity index is 367. The van der Waals surface area contributed by atoms with E-state index in [1.165, 1.54) is 5.56 Å². The summed E-state index contributed by atoms with van der Waals surface area (Å²) in [4.78, 5) is 0. The fraction of sp³-hybridized carbons (Fsp3) is 0.571. The third kappa shape index (κ3) is 2.79. The van der Waals surface area contributed by atoms with E-state index < -0.39 is 0 Å². The zero-order chi connectivity index (χ0) is 12.3. The molecule has 1 aliphatic rings. The molecule has 1 heterocycles. The van der Waals surface area contributed by atoms with Crippen LogP contribution in [0.1, 0.15) is 25.3 Å². The lowest BCUT2D eigenvalue weighted by molar-refractivity contribution is 0.205. The van der Waals surface area contributed by atoms with Crippen LogP contribution in [-0.4, -0.2) is 30.9 Å². The van der Waals surface area contributed by atoms with Crippen molar-refractivity contribution in [3.63, 3.8) is 0 Å². The van der Waals surface area contributed by atoms with Gasteiger partial charge in [-0.2, -0.15) is 0 Å². The highest BCUT2D eigenvalue weighted by Gasteiger charge is 2.24. The monoisotopic (exact) mass is 235 g/mol. The van der Waals surface area contributed by atoms with Gasteiger partial charge in [0.2, 0.25) is 0 Å². The topological polar surface area (TPSA) is 41.5 Å². The van der Waals surface area contributed by atoms with Gasteiger partial charge in [0.05, 0.1) is 6.61 Å². The lowest BCUT2D eigenvalue weighted by Crippen LogP contribution is -2.36. The van der Waals surface area contributed by atoms with Crippen LogP contribution in [0.3, 0.4) is 0 Å². The number of aliphatic hydroxyl groups is 1. The van der Waals surface area contributed by atoms with Crippen LogP contribution in [0.25, 0.3) is 0 Å². The van der Waals surface area contributed by atoms with E-state index in [1.807, 2.05) is 12.1 Å². The van der Waals surface area contributed by atoms with E-state index in [1.54, 1.807) is 0 Å². The van der Waals surface area contributed by atoms with Crippen molar-refractivity contribution in [2.45, 2.75) is 25.8 Å². The van der Waals surface area contributed by atoms with E-state index in [2.05, 4.69) is 31.3 Å². The van der Waals surface area contributed by atoms with Crippen molar-refractivity contribution >= 4 is 0 Å². The molecule has 3 unspecified atom stereocenters. The third-order valence-corrected chi connectivity index (χ3v) is 3.63. The van der Waals surface area contributed by atoms with Crippen LogP contribution < -0.4 is 10.1 Å². The molecule has 2 rings (SSSR count). The van der Waals surface area contributed by atoms with E-state index in [0.717, 1.165) is 18.9 Å². The second-order valence-corrected chi connectivity index (χ2v) is 4.90. The van der Waals surface area contributed by atoms with Gasteiger partial charge in [0.15, 0.2) is 0 Å². The number of rotatable bonds is 5. The van der Waals surface area contributed by atoms with Crippen LogP contribution in [0.5, 0.6) is 5.75 Å². The fourth-order valence-corrected chi connectivity index (χ4v) is 2.09. The molecule has 0 spiro atoms. The molecule has 0 saturated heterocycles. The molecule has 0 aliphatic carbocycles. The standard InChI is InChI=1S/C14H21NO2/c1-10(8-16)11(2)15-7-12-9-17-14-6-4-3-5-13(12)14/h3-6,10-12,15-16H,7-9H2,1-2H3. The third-order valence-electron chi connectivity index (χ3n) is 3.63. The highest BCUT2D eigenvalue weighted by Crippen LogP contribution is 2.32. The Kier molecular flexibility index (Phi) is 4.02. The predicted octanol–water partition coefficient (Wildman–Crippen LogP) is 1.77. The predicted molar refractivity (Wildman–Crippen MR) is 68.4 cm³/mol. The number of hydrogen-bond acceptors (Lipinski definition) is 3. The number of para-hydroxylation sites is 1. The van der Waals surface area contributed by atoms with Gasteiger partial charge in [-0.25, -0.2) is 0 Å². The summed E-state index contributed by atoms with van der Waals surface area (Å²) in [6.07, 6.45) is 0. The first-order chi connectivity index (χ1) is 8.22. The van der Waals surface area contributed by atoms with Crippen LogP contribution in [0.15, 0.2) is 24.3 Å². The lowest BCUT2D eigenvalue weighted by Gasteiger charge is -2.21. The molecule has 2 N–H and O–H groups in total. The normalized spacial score (nSPS) is 21.7. The molecule has 0 bridgehead atoms. The molecule has 1 aromatic rings. The average molecular weight is 235 g/mol. The Morgan fingerprint density at radius 3 is 2.94 bits per heavy atom. The Balaban J connectivity index is 1.90. The molecule has 17 heavy (non-hydrogen) atoms. The summed E-state index contributed by atoms with van der Waals surface area (Å²) >= 11 is 0. The van der Waals surface area contributed by atoms with Crippen LogP contribution >= 0.6 is 0 Å². The molecule has 3 heteroatoms. The van der Waals surface area contributed by atoms with Crippen LogP contribution in [-0.2, 0) is 0 Å². The van der Waals surface area contributed by atoms with Gasteiger partial charge in [-0.1, -0.05) is 25.1 Å². The number of ether oxygens (including phenoxy) is 1. The second kappa shape index (κ2) is 5.52. The summed E-state index contributed by atoms with van der Waals surface area (Å²) in [5.74, 6) is 1.73. The highest BCUT2D eigenvalue weighted by molar-refractivity contribution is 5.39. The summed E-state index contributed by atoms with van der Waals surface area (Å²) in [5.41, 5.74) is 1.30. The molecule has 0 amide bonds. The molecule has 0 aromatic heterocycles. The molecular weight excluding hydrogens is 214 g/mol. The zero-order valence-electron chi connectivity index (χ0n) is 10.5. The molecular formula is C14H21NO2. The van der Waals surface area contributed by atoms with Crippen molar-refractivity contribution in [1.82, 2.24) is 5.32 Å². The van der Waals surface area contributed by atoms with Gasteiger partial charge in [-0.05, 0) is 18.9 Å². The molecule has 3 atom stereocenters. The van der Waals surface area contributed by atoms with E-state index in [4.69, 9.17) is 9.84 Å². The summed E-state index contributed by atoms with van der Waals surface area (Å²) in [7, 11) is 0. The number of fused-ring (bicyclic) bond motifs is 1. The highest BCUT2D eigenvalue weighted by atomic mass is 16.5. The van der Waals surface area contributed by atoms with Crippen LogP contribution in [0.4, 0.5) is 0 Å². The number of aliphatic hydroxyl groups excluding tert-OH is 1. The van der Waals surface area contributed by atoms with Gasteiger partial charge >= 0.3 is 0 Å². The first-order valence-corrected chi connectivity index (χ1v) is 6.28. The summed E-state index contributed by atoms with van der Waals surface area (Å²) in [6, 6.07) is 8.54. The fourth-order valence-electron chi connectivity index (χ4n) is 2.09. The molecule has 0 saturated carbocycles. The largest absolute Gasteiger partial charge is 0.493 e. The van der Waals surface area contributed by atoms with E-state index in [9.17, 15) is 0 Å². The van der Waals surface area contributed by atoms with Gasteiger partial charge in [0.1, 0.15) is 5.75 Å². The SMILES string of the molecule is CC(CO)C(C)NCC1COc2ccccc21. The van der Waals surface area contributed by atoms with Gasteiger partial charge in [0.25, 0.3) is 0 Å². The van der Waals surface area contributed by atoms with Crippen molar-refractivity contribution in [1.29, 1.82) is 0 Å². The first kappa shape index (κ1) is 12.4. The van der Waals surface area contributed by atoms with Gasteiger partial charge < -0.3 is 15.2 Å². The van der Waals surface area contributed by atoms with Crippen molar-refractivity contribution in [2.75, 3.05) is 19.8 Å². The van der Waals surface area contributed by atoms with Crippen molar-refractivity contribution in [3.05, 3.63) is 29.8 Å². The Hall–Kier alpha value is -1.06. The number of hydrogen-bond donors (Lipinski definition) is 2. The molecule has 1 aromatic carbocycles. The minimum Gasteiger partial charge on any atom is -0.493 e. The smallest absolute Gasteiger partial charge is 0.122 e. The molecule has 0 fully saturated rings. The van der Waals surface area contributed by atoms with Crippen molar-refractivity contribution in [2.24, 2.45) is 5.92 Å². The summed E-state index contributed by atoms with van der Waals surface area (Å²) in [5, 5.41) is 12.6. The average Bonchev–Trinajstić information content (AvgIpc) is 2.78. The van der Waals surface area contributed by atoms with Crippen molar-refractivity contribution < 1.29 is 9.84 Å². The van der Waals surface area contributed by atoms with Gasteiger partial charge in [-0.3, -0.25) is 0 Å². The minimum absolute atomic E-state index is 0.228. The minimum atomic E-state index is 0.228. The lowest BCUT2D eigenvalue weighted by atomic mass is 9.99. The molecule has 1 aliphatic heterocycles. The number of benzene rings is 1. The second-order valence-electron chi connectivity index (χ2n) is 4.90. The molecule has 94 valence electrons. The van der Waals surface area contributed by atoms with Gasteiger partial charge in [0, 0.05) is 30.7 Å². The van der Waals surface area contributed by atoms with Crippen LogP contribution in [0, 0.1) is 5.92 Å². The Morgan fingerprint density at radius 1 is 1.41 bits per heavy atom. The first-order valence-electron chi connectivity index (χ1n) is 6.28. The number of nitrogens with one attached hydrogen (secondary N) is 1. The summed E-state index contributed by atoms with van der Waals surface area (Å²) in [6.45, 7) is 6.06.